The summed E-state index contributed by atoms with van der Waals surface area (Å²) in [6.45, 7) is 1.79. The van der Waals surface area contributed by atoms with Gasteiger partial charge in [-0.15, -0.1) is 0 Å². The van der Waals surface area contributed by atoms with Crippen molar-refractivity contribution in [2.24, 2.45) is 5.92 Å². The van der Waals surface area contributed by atoms with Crippen molar-refractivity contribution >= 4 is 21.4 Å². The quantitative estimate of drug-likeness (QED) is 0.829. The Morgan fingerprint density at radius 2 is 2.12 bits per heavy atom. The molecule has 3 nitrogen and oxygen atoms in total. The maximum atomic E-state index is 12.5. The van der Waals surface area contributed by atoms with Crippen LogP contribution < -0.4 is 0 Å². The molecule has 2 atom stereocenters. The molecule has 1 saturated carbocycles. The molecule has 1 aromatic rings. The SMILES string of the molecule is CC1CCC1(C#N)S(=O)(=O)c1ccccc1Cl. The molecule has 0 radical (unpaired) electrons. The molecule has 1 aliphatic carbocycles. The van der Waals surface area contributed by atoms with Gasteiger partial charge in [0.25, 0.3) is 0 Å². The molecule has 5 heteroatoms. The van der Waals surface area contributed by atoms with Crippen LogP contribution in [0.15, 0.2) is 29.2 Å². The third-order valence-electron chi connectivity index (χ3n) is 3.54. The molecule has 0 N–H and O–H groups in total. The highest BCUT2D eigenvalue weighted by molar-refractivity contribution is 7.93. The highest BCUT2D eigenvalue weighted by Crippen LogP contribution is 2.47. The van der Waals surface area contributed by atoms with Crippen molar-refractivity contribution < 1.29 is 8.42 Å². The molecular formula is C12H12ClNO2S. The van der Waals surface area contributed by atoms with Gasteiger partial charge in [0, 0.05) is 0 Å². The molecule has 1 aliphatic rings. The molecule has 0 bridgehead atoms. The number of hydrogen-bond acceptors (Lipinski definition) is 3. The molecule has 17 heavy (non-hydrogen) atoms. The van der Waals surface area contributed by atoms with E-state index in [0.717, 1.165) is 6.42 Å². The second-order valence-corrected chi connectivity index (χ2v) is 6.96. The standard InChI is InChI=1S/C12H12ClNO2S/c1-9-6-7-12(9,8-14)17(15,16)11-5-3-2-4-10(11)13/h2-5,9H,6-7H2,1H3. The largest absolute Gasteiger partial charge is 0.222 e. The third kappa shape index (κ3) is 1.57. The van der Waals surface area contributed by atoms with Crippen LogP contribution in [0.3, 0.4) is 0 Å². The van der Waals surface area contributed by atoms with Gasteiger partial charge >= 0.3 is 0 Å². The van der Waals surface area contributed by atoms with Gasteiger partial charge in [-0.05, 0) is 30.9 Å². The van der Waals surface area contributed by atoms with E-state index >= 15 is 0 Å². The van der Waals surface area contributed by atoms with Crippen molar-refractivity contribution in [3.8, 4) is 6.07 Å². The maximum absolute atomic E-state index is 12.5. The molecule has 0 amide bonds. The van der Waals surface area contributed by atoms with Crippen molar-refractivity contribution in [3.05, 3.63) is 29.3 Å². The summed E-state index contributed by atoms with van der Waals surface area (Å²) < 4.78 is 23.7. The molecular weight excluding hydrogens is 258 g/mol. The highest BCUT2D eigenvalue weighted by atomic mass is 35.5. The maximum Gasteiger partial charge on any atom is 0.199 e. The lowest BCUT2D eigenvalue weighted by Crippen LogP contribution is -2.51. The Balaban J connectivity index is 2.60. The average molecular weight is 270 g/mol. The smallest absolute Gasteiger partial charge is 0.199 e. The summed E-state index contributed by atoms with van der Waals surface area (Å²) in [5, 5.41) is 9.40. The van der Waals surface area contributed by atoms with E-state index in [1.54, 1.807) is 19.1 Å². The van der Waals surface area contributed by atoms with E-state index in [0.29, 0.717) is 6.42 Å². The van der Waals surface area contributed by atoms with Gasteiger partial charge in [0.2, 0.25) is 0 Å². The molecule has 2 unspecified atom stereocenters. The fourth-order valence-electron chi connectivity index (χ4n) is 2.18. The minimum absolute atomic E-state index is 0.0646. The third-order valence-corrected chi connectivity index (χ3v) is 6.57. The first kappa shape index (κ1) is 12.4. The first-order chi connectivity index (χ1) is 7.95. The molecule has 0 aliphatic heterocycles. The first-order valence-electron chi connectivity index (χ1n) is 5.36. The van der Waals surface area contributed by atoms with Gasteiger partial charge < -0.3 is 0 Å². The summed E-state index contributed by atoms with van der Waals surface area (Å²) in [6, 6.07) is 8.26. The van der Waals surface area contributed by atoms with E-state index < -0.39 is 14.6 Å². The Morgan fingerprint density at radius 1 is 1.47 bits per heavy atom. The molecule has 1 aromatic carbocycles. The summed E-state index contributed by atoms with van der Waals surface area (Å²) in [4.78, 5) is 0.0646. The minimum atomic E-state index is -3.69. The lowest BCUT2D eigenvalue weighted by Gasteiger charge is -2.41. The highest BCUT2D eigenvalue weighted by Gasteiger charge is 2.56. The number of sulfone groups is 1. The Hall–Kier alpha value is -1.05. The van der Waals surface area contributed by atoms with Crippen LogP contribution in [0.1, 0.15) is 19.8 Å². The number of benzene rings is 1. The second kappa shape index (κ2) is 4.01. The number of nitrogens with zero attached hydrogens (tertiary/aromatic N) is 1. The number of rotatable bonds is 2. The zero-order chi connectivity index (χ0) is 12.7. The predicted molar refractivity (Wildman–Crippen MR) is 65.4 cm³/mol. The first-order valence-corrected chi connectivity index (χ1v) is 7.22. The van der Waals surface area contributed by atoms with Crippen LogP contribution in [0.25, 0.3) is 0 Å². The van der Waals surface area contributed by atoms with Crippen molar-refractivity contribution in [1.82, 2.24) is 0 Å². The van der Waals surface area contributed by atoms with Gasteiger partial charge in [0.15, 0.2) is 14.6 Å². The fraction of sp³-hybridized carbons (Fsp3) is 0.417. The Labute approximate surface area is 106 Å². The molecule has 1 fully saturated rings. The molecule has 0 heterocycles. The minimum Gasteiger partial charge on any atom is -0.222 e. The van der Waals surface area contributed by atoms with Gasteiger partial charge in [-0.3, -0.25) is 0 Å². The average Bonchev–Trinajstić information content (AvgIpc) is 2.28. The van der Waals surface area contributed by atoms with Crippen LogP contribution >= 0.6 is 11.6 Å². The van der Waals surface area contributed by atoms with E-state index in [-0.39, 0.29) is 15.8 Å². The number of hydrogen-bond donors (Lipinski definition) is 0. The molecule has 0 spiro atoms. The second-order valence-electron chi connectivity index (χ2n) is 4.37. The normalized spacial score (nSPS) is 28.2. The van der Waals surface area contributed by atoms with Crippen molar-refractivity contribution in [3.63, 3.8) is 0 Å². The Bertz CT molecular complexity index is 591. The van der Waals surface area contributed by atoms with E-state index in [9.17, 15) is 13.7 Å². The summed E-state index contributed by atoms with van der Waals surface area (Å²) in [5.41, 5.74) is 0. The van der Waals surface area contributed by atoms with Crippen LogP contribution in [0.2, 0.25) is 5.02 Å². The van der Waals surface area contributed by atoms with Gasteiger partial charge in [-0.1, -0.05) is 30.7 Å². The Morgan fingerprint density at radius 3 is 2.53 bits per heavy atom. The van der Waals surface area contributed by atoms with Crippen molar-refractivity contribution in [2.75, 3.05) is 0 Å². The Kier molecular flexibility index (Phi) is 2.92. The number of nitriles is 1. The van der Waals surface area contributed by atoms with E-state index in [2.05, 4.69) is 0 Å². The zero-order valence-electron chi connectivity index (χ0n) is 9.35. The van der Waals surface area contributed by atoms with E-state index in [1.165, 1.54) is 12.1 Å². The predicted octanol–water partition coefficient (Wildman–Crippen LogP) is 2.81. The summed E-state index contributed by atoms with van der Waals surface area (Å²) in [5.74, 6) is -0.145. The lowest BCUT2D eigenvalue weighted by molar-refractivity contribution is 0.279. The molecule has 0 aromatic heterocycles. The van der Waals surface area contributed by atoms with Crippen LogP contribution in [0.4, 0.5) is 0 Å². The monoisotopic (exact) mass is 269 g/mol. The molecule has 2 rings (SSSR count). The van der Waals surface area contributed by atoms with Gasteiger partial charge in [-0.2, -0.15) is 5.26 Å². The van der Waals surface area contributed by atoms with Gasteiger partial charge in [0.05, 0.1) is 16.0 Å². The summed E-state index contributed by atoms with van der Waals surface area (Å²) in [6.07, 6.45) is 1.15. The van der Waals surface area contributed by atoms with Crippen molar-refractivity contribution in [2.45, 2.75) is 29.4 Å². The van der Waals surface area contributed by atoms with Crippen LogP contribution in [-0.2, 0) is 9.84 Å². The molecule has 0 saturated heterocycles. The lowest BCUT2D eigenvalue weighted by atomic mass is 9.75. The van der Waals surface area contributed by atoms with E-state index in [1.807, 2.05) is 6.07 Å². The van der Waals surface area contributed by atoms with Gasteiger partial charge in [0.1, 0.15) is 0 Å². The van der Waals surface area contributed by atoms with Crippen LogP contribution in [-0.4, -0.2) is 13.2 Å². The van der Waals surface area contributed by atoms with E-state index in [4.69, 9.17) is 11.6 Å². The zero-order valence-corrected chi connectivity index (χ0v) is 10.9. The van der Waals surface area contributed by atoms with Crippen LogP contribution in [0, 0.1) is 17.2 Å². The summed E-state index contributed by atoms with van der Waals surface area (Å²) >= 11 is 5.91. The topological polar surface area (TPSA) is 57.9 Å². The number of halogens is 1. The fourth-order valence-corrected chi connectivity index (χ4v) is 4.75. The van der Waals surface area contributed by atoms with Crippen LogP contribution in [0.5, 0.6) is 0 Å². The van der Waals surface area contributed by atoms with Gasteiger partial charge in [-0.25, -0.2) is 8.42 Å². The van der Waals surface area contributed by atoms with Crippen molar-refractivity contribution in [1.29, 1.82) is 5.26 Å². The summed E-state index contributed by atoms with van der Waals surface area (Å²) in [7, 11) is -3.69. The molecule has 90 valence electrons.